The summed E-state index contributed by atoms with van der Waals surface area (Å²) in [5.74, 6) is -0.390. The molecule has 0 bridgehead atoms. The smallest absolute Gasteiger partial charge is 0.417 e. The normalized spacial score (nSPS) is 13.4. The Hall–Kier alpha value is -3.07. The number of aliphatic carboxylic acids is 1. The summed E-state index contributed by atoms with van der Waals surface area (Å²) in [5, 5.41) is 8.69. The molecule has 0 aliphatic heterocycles. The third kappa shape index (κ3) is 8.77. The summed E-state index contributed by atoms with van der Waals surface area (Å²) in [4.78, 5) is 13.0. The van der Waals surface area contributed by atoms with E-state index in [0.29, 0.717) is 36.6 Å². The van der Waals surface area contributed by atoms with Crippen LogP contribution >= 0.6 is 11.6 Å². The molecule has 0 spiro atoms. The first-order chi connectivity index (χ1) is 17.5. The number of nitrogens with two attached hydrogens (primary N) is 1. The van der Waals surface area contributed by atoms with Crippen molar-refractivity contribution in [2.75, 3.05) is 19.7 Å². The van der Waals surface area contributed by atoms with Gasteiger partial charge in [0.25, 0.3) is 0 Å². The van der Waals surface area contributed by atoms with Crippen molar-refractivity contribution in [3.05, 3.63) is 100 Å². The van der Waals surface area contributed by atoms with Crippen LogP contribution in [0.3, 0.4) is 0 Å². The Morgan fingerprint density at radius 2 is 1.76 bits per heavy atom. The molecule has 5 nitrogen and oxygen atoms in total. The summed E-state index contributed by atoms with van der Waals surface area (Å²) < 4.78 is 46.1. The van der Waals surface area contributed by atoms with Crippen LogP contribution in [0.15, 0.2) is 72.8 Å². The minimum absolute atomic E-state index is 0.0179. The van der Waals surface area contributed by atoms with Gasteiger partial charge in [-0.15, -0.1) is 0 Å². The predicted molar refractivity (Wildman–Crippen MR) is 138 cm³/mol. The van der Waals surface area contributed by atoms with Crippen LogP contribution in [0.5, 0.6) is 5.75 Å². The molecule has 3 rings (SSSR count). The Labute approximate surface area is 219 Å². The predicted octanol–water partition coefficient (Wildman–Crippen LogP) is 6.20. The molecule has 9 heteroatoms. The van der Waals surface area contributed by atoms with Gasteiger partial charge < -0.3 is 15.6 Å². The van der Waals surface area contributed by atoms with Gasteiger partial charge in [-0.05, 0) is 34.9 Å². The van der Waals surface area contributed by atoms with Crippen molar-refractivity contribution in [2.45, 2.75) is 32.1 Å². The molecule has 0 amide bonds. The number of hydrogen-bond donors (Lipinski definition) is 2. The van der Waals surface area contributed by atoms with Crippen molar-refractivity contribution in [1.82, 2.24) is 4.90 Å². The molecule has 37 heavy (non-hydrogen) atoms. The van der Waals surface area contributed by atoms with Crippen molar-refractivity contribution in [1.29, 1.82) is 0 Å². The number of rotatable bonds is 12. The number of nitrogens with zero attached hydrogens (tertiary/aromatic N) is 1. The average Bonchev–Trinajstić information content (AvgIpc) is 2.83. The van der Waals surface area contributed by atoms with Crippen LogP contribution in [0, 0.1) is 5.92 Å². The highest BCUT2D eigenvalue weighted by Crippen LogP contribution is 2.36. The van der Waals surface area contributed by atoms with Crippen molar-refractivity contribution >= 4 is 17.6 Å². The number of hydrogen-bond acceptors (Lipinski definition) is 4. The fourth-order valence-electron chi connectivity index (χ4n) is 4.10. The van der Waals surface area contributed by atoms with E-state index >= 15 is 0 Å². The van der Waals surface area contributed by atoms with Crippen LogP contribution in [0.2, 0.25) is 5.02 Å². The zero-order valence-corrected chi connectivity index (χ0v) is 21.2. The standard InChI is InChI=1S/C28H30ClF3N2O3/c1-19(18-37-23-11-5-7-20(13-23)14-26(35)36)15-34(17-25(33)21-8-3-2-4-9-21)16-22-10-6-12-24(27(22)29)28(30,31)32/h2-13,19,25H,14-18,33H2,1H3,(H,35,36). The highest BCUT2D eigenvalue weighted by molar-refractivity contribution is 6.32. The summed E-state index contributed by atoms with van der Waals surface area (Å²) in [6.07, 6.45) is -4.65. The minimum atomic E-state index is -4.55. The molecule has 0 radical (unpaired) electrons. The lowest BCUT2D eigenvalue weighted by molar-refractivity contribution is -0.138. The first-order valence-electron chi connectivity index (χ1n) is 11.8. The largest absolute Gasteiger partial charge is 0.493 e. The number of ether oxygens (including phenoxy) is 1. The molecule has 0 aliphatic carbocycles. The van der Waals surface area contributed by atoms with E-state index in [9.17, 15) is 18.0 Å². The number of halogens is 4. The maximum Gasteiger partial charge on any atom is 0.417 e. The van der Waals surface area contributed by atoms with Crippen LogP contribution in [0.4, 0.5) is 13.2 Å². The van der Waals surface area contributed by atoms with Gasteiger partial charge >= 0.3 is 12.1 Å². The van der Waals surface area contributed by atoms with E-state index in [1.165, 1.54) is 6.07 Å². The number of carboxylic acids is 1. The van der Waals surface area contributed by atoms with Crippen molar-refractivity contribution < 1.29 is 27.8 Å². The van der Waals surface area contributed by atoms with Gasteiger partial charge in [-0.1, -0.05) is 73.1 Å². The second-order valence-electron chi connectivity index (χ2n) is 9.12. The molecule has 0 fully saturated rings. The highest BCUT2D eigenvalue weighted by Gasteiger charge is 2.34. The first kappa shape index (κ1) is 28.5. The van der Waals surface area contributed by atoms with Gasteiger partial charge in [0.05, 0.1) is 23.6 Å². The van der Waals surface area contributed by atoms with Crippen LogP contribution in [-0.4, -0.2) is 35.7 Å². The Morgan fingerprint density at radius 1 is 1.05 bits per heavy atom. The van der Waals surface area contributed by atoms with Gasteiger partial charge in [-0.3, -0.25) is 9.69 Å². The van der Waals surface area contributed by atoms with Gasteiger partial charge in [0.2, 0.25) is 0 Å². The van der Waals surface area contributed by atoms with Gasteiger partial charge in [-0.2, -0.15) is 13.2 Å². The van der Waals surface area contributed by atoms with Crippen LogP contribution in [0.1, 0.15) is 35.2 Å². The Bertz CT molecular complexity index is 1170. The van der Waals surface area contributed by atoms with E-state index in [-0.39, 0.29) is 29.9 Å². The summed E-state index contributed by atoms with van der Waals surface area (Å²) in [7, 11) is 0. The molecule has 2 unspecified atom stereocenters. The average molecular weight is 535 g/mol. The van der Waals surface area contributed by atoms with Crippen molar-refractivity contribution in [2.24, 2.45) is 11.7 Å². The second kappa shape index (κ2) is 12.9. The molecule has 198 valence electrons. The van der Waals surface area contributed by atoms with E-state index in [0.717, 1.165) is 11.6 Å². The maximum atomic E-state index is 13.4. The van der Waals surface area contributed by atoms with E-state index in [4.69, 9.17) is 27.2 Å². The Kier molecular flexibility index (Phi) is 9.97. The molecule has 3 N–H and O–H groups in total. The van der Waals surface area contributed by atoms with Gasteiger partial charge in [-0.25, -0.2) is 0 Å². The Balaban J connectivity index is 1.73. The summed E-state index contributed by atoms with van der Waals surface area (Å²) in [6.45, 7) is 3.36. The number of benzene rings is 3. The van der Waals surface area contributed by atoms with Crippen LogP contribution in [-0.2, 0) is 23.9 Å². The molecule has 0 heterocycles. The van der Waals surface area contributed by atoms with Crippen LogP contribution < -0.4 is 10.5 Å². The lowest BCUT2D eigenvalue weighted by Crippen LogP contribution is -2.36. The van der Waals surface area contributed by atoms with Crippen LogP contribution in [0.25, 0.3) is 0 Å². The number of carbonyl (C=O) groups is 1. The zero-order chi connectivity index (χ0) is 27.0. The van der Waals surface area contributed by atoms with Gasteiger partial charge in [0.1, 0.15) is 5.75 Å². The van der Waals surface area contributed by atoms with E-state index < -0.39 is 17.7 Å². The van der Waals surface area contributed by atoms with Gasteiger partial charge in [0, 0.05) is 31.6 Å². The zero-order valence-electron chi connectivity index (χ0n) is 20.4. The molecule has 2 atom stereocenters. The molecule has 3 aromatic carbocycles. The van der Waals surface area contributed by atoms with Crippen molar-refractivity contribution in [3.8, 4) is 5.75 Å². The lowest BCUT2D eigenvalue weighted by Gasteiger charge is -2.29. The molecular formula is C28H30ClF3N2O3. The van der Waals surface area contributed by atoms with E-state index in [1.807, 2.05) is 42.2 Å². The van der Waals surface area contributed by atoms with Gasteiger partial charge in [0.15, 0.2) is 0 Å². The maximum absolute atomic E-state index is 13.4. The van der Waals surface area contributed by atoms with Crippen molar-refractivity contribution in [3.63, 3.8) is 0 Å². The molecule has 3 aromatic rings. The fourth-order valence-corrected chi connectivity index (χ4v) is 4.39. The Morgan fingerprint density at radius 3 is 2.43 bits per heavy atom. The van der Waals surface area contributed by atoms with E-state index in [2.05, 4.69) is 0 Å². The molecule has 0 saturated heterocycles. The monoisotopic (exact) mass is 534 g/mol. The molecule has 0 aliphatic rings. The summed E-state index contributed by atoms with van der Waals surface area (Å²) in [5.41, 5.74) is 7.50. The molecule has 0 saturated carbocycles. The highest BCUT2D eigenvalue weighted by atomic mass is 35.5. The number of carboxylic acid groups (broad SMARTS) is 1. The third-order valence-corrected chi connectivity index (χ3v) is 6.27. The first-order valence-corrected chi connectivity index (χ1v) is 12.2. The molecule has 0 aromatic heterocycles. The topological polar surface area (TPSA) is 75.8 Å². The van der Waals surface area contributed by atoms with E-state index in [1.54, 1.807) is 30.3 Å². The fraction of sp³-hybridized carbons (Fsp3) is 0.321. The third-order valence-electron chi connectivity index (χ3n) is 5.82. The molecular weight excluding hydrogens is 505 g/mol. The summed E-state index contributed by atoms with van der Waals surface area (Å²) in [6, 6.07) is 20.0. The SMILES string of the molecule is CC(COc1cccc(CC(=O)O)c1)CN(Cc1cccc(C(F)(F)F)c1Cl)CC(N)c1ccccc1. The number of alkyl halides is 3. The quantitative estimate of drug-likeness (QED) is 0.289. The minimum Gasteiger partial charge on any atom is -0.493 e. The lowest BCUT2D eigenvalue weighted by atomic mass is 10.0. The summed E-state index contributed by atoms with van der Waals surface area (Å²) >= 11 is 6.18. The second-order valence-corrected chi connectivity index (χ2v) is 9.50.